The minimum absolute atomic E-state index is 0. The molecule has 368 valence electrons. The molecule has 0 aromatic carbocycles. The highest BCUT2D eigenvalue weighted by Gasteiger charge is 2.38. The zero-order valence-electron chi connectivity index (χ0n) is 42.1. The maximum absolute atomic E-state index is 13.7. The van der Waals surface area contributed by atoms with Gasteiger partial charge in [0, 0.05) is 25.7 Å². The molecule has 9 nitrogen and oxygen atoms in total. The number of hydrogen-bond donors (Lipinski definition) is 0. The predicted molar refractivity (Wildman–Crippen MR) is 252 cm³/mol. The summed E-state index contributed by atoms with van der Waals surface area (Å²) in [6.07, 6.45) is 28.6. The Morgan fingerprint density at radius 3 is 0.887 bits per heavy atom. The van der Waals surface area contributed by atoms with Crippen LogP contribution in [0.25, 0.3) is 0 Å². The number of quaternary nitrogens is 1. The van der Waals surface area contributed by atoms with Crippen molar-refractivity contribution in [2.75, 3.05) is 54.1 Å². The largest absolute Gasteiger partial charge is 1.00 e. The van der Waals surface area contributed by atoms with Gasteiger partial charge in [-0.2, -0.15) is 0 Å². The van der Waals surface area contributed by atoms with E-state index >= 15 is 0 Å². The quantitative estimate of drug-likeness (QED) is 0.0196. The standard InChI is InChI=1S/C52H100NO8.HI/c1-10-16-22-30-45(31-23-17-11-2)38-49(55)59-42-52(41-58-48(54)36-28-29-37-53(7,8)9,43-60-50(56)39-46(32-24-18-12-3)33-25-19-13-4)44-61-51(57)40-47(34-26-20-14-5)35-27-21-15-6;/h45-47H,10-44H2,1-9H3;1H/q+1;/p-1. The maximum atomic E-state index is 13.7. The minimum Gasteiger partial charge on any atom is -1.00 e. The van der Waals surface area contributed by atoms with Gasteiger partial charge in [0.25, 0.3) is 0 Å². The number of carbonyl (C=O) groups is 4. The average Bonchev–Trinajstić information content (AvgIpc) is 3.21. The van der Waals surface area contributed by atoms with Gasteiger partial charge in [-0.15, -0.1) is 0 Å². The Bertz CT molecular complexity index is 963. The van der Waals surface area contributed by atoms with Crippen LogP contribution in [0, 0.1) is 23.2 Å². The first-order valence-corrected chi connectivity index (χ1v) is 25.7. The fourth-order valence-electron chi connectivity index (χ4n) is 8.14. The summed E-state index contributed by atoms with van der Waals surface area (Å²) in [6, 6.07) is 0. The van der Waals surface area contributed by atoms with E-state index in [0.29, 0.717) is 25.7 Å². The molecule has 0 aliphatic rings. The topological polar surface area (TPSA) is 105 Å². The molecule has 10 heteroatoms. The number of nitrogens with zero attached hydrogens (tertiary/aromatic N) is 1. The molecule has 0 saturated heterocycles. The first-order chi connectivity index (χ1) is 29.3. The van der Waals surface area contributed by atoms with Gasteiger partial charge in [0.2, 0.25) is 0 Å². The Hall–Kier alpha value is -1.43. The highest BCUT2D eigenvalue weighted by Crippen LogP contribution is 2.28. The van der Waals surface area contributed by atoms with Crippen molar-refractivity contribution >= 4 is 23.9 Å². The van der Waals surface area contributed by atoms with E-state index < -0.39 is 5.41 Å². The van der Waals surface area contributed by atoms with Crippen LogP contribution in [-0.4, -0.2) is 82.5 Å². The highest BCUT2D eigenvalue weighted by molar-refractivity contribution is 5.71. The number of rotatable bonds is 43. The maximum Gasteiger partial charge on any atom is 0.306 e. The van der Waals surface area contributed by atoms with Crippen LogP contribution in [0.5, 0.6) is 0 Å². The van der Waals surface area contributed by atoms with E-state index in [1.165, 1.54) is 0 Å². The normalized spacial score (nSPS) is 11.9. The predicted octanol–water partition coefficient (Wildman–Crippen LogP) is 10.5. The summed E-state index contributed by atoms with van der Waals surface area (Å²) >= 11 is 0. The summed E-state index contributed by atoms with van der Waals surface area (Å²) in [4.78, 5) is 54.3. The Morgan fingerprint density at radius 1 is 0.387 bits per heavy atom. The van der Waals surface area contributed by atoms with Crippen molar-refractivity contribution in [2.45, 2.75) is 234 Å². The molecular weight excluding hydrogens is 893 g/mol. The lowest BCUT2D eigenvalue weighted by Crippen LogP contribution is -3.00. The summed E-state index contributed by atoms with van der Waals surface area (Å²) < 4.78 is 25.0. The fourth-order valence-corrected chi connectivity index (χ4v) is 8.14. The smallest absolute Gasteiger partial charge is 0.306 e. The summed E-state index contributed by atoms with van der Waals surface area (Å²) in [6.45, 7) is 13.4. The fraction of sp³-hybridized carbons (Fsp3) is 0.923. The molecule has 0 aliphatic heterocycles. The van der Waals surface area contributed by atoms with Gasteiger partial charge in [-0.25, -0.2) is 0 Å². The number of carbonyl (C=O) groups excluding carboxylic acids is 4. The van der Waals surface area contributed by atoms with Gasteiger partial charge >= 0.3 is 23.9 Å². The van der Waals surface area contributed by atoms with Gasteiger partial charge < -0.3 is 47.4 Å². The van der Waals surface area contributed by atoms with E-state index in [9.17, 15) is 19.2 Å². The second-order valence-electron chi connectivity index (χ2n) is 19.8. The van der Waals surface area contributed by atoms with Gasteiger partial charge in [-0.3, -0.25) is 19.2 Å². The van der Waals surface area contributed by atoms with Crippen LogP contribution < -0.4 is 24.0 Å². The van der Waals surface area contributed by atoms with E-state index in [2.05, 4.69) is 62.7 Å². The summed E-state index contributed by atoms with van der Waals surface area (Å²) in [5, 5.41) is 0. The van der Waals surface area contributed by atoms with Crippen molar-refractivity contribution in [1.29, 1.82) is 0 Å². The van der Waals surface area contributed by atoms with Crippen molar-refractivity contribution in [3.05, 3.63) is 0 Å². The summed E-state index contributed by atoms with van der Waals surface area (Å²) in [5.41, 5.74) is -1.24. The first-order valence-electron chi connectivity index (χ1n) is 25.7. The number of ether oxygens (including phenoxy) is 4. The van der Waals surface area contributed by atoms with Crippen LogP contribution in [0.3, 0.4) is 0 Å². The van der Waals surface area contributed by atoms with Crippen LogP contribution in [0.2, 0.25) is 0 Å². The number of esters is 4. The van der Waals surface area contributed by atoms with Crippen molar-refractivity contribution in [3.8, 4) is 0 Å². The van der Waals surface area contributed by atoms with Crippen molar-refractivity contribution in [2.24, 2.45) is 23.2 Å². The number of hydrogen-bond acceptors (Lipinski definition) is 8. The molecule has 0 heterocycles. The molecule has 0 aromatic rings. The third-order valence-corrected chi connectivity index (χ3v) is 12.3. The van der Waals surface area contributed by atoms with Crippen LogP contribution in [0.4, 0.5) is 0 Å². The molecule has 0 N–H and O–H groups in total. The molecular formula is C52H100INO8. The Labute approximate surface area is 400 Å². The van der Waals surface area contributed by atoms with E-state index in [-0.39, 0.29) is 98.5 Å². The molecule has 0 fully saturated rings. The molecule has 0 spiro atoms. The molecule has 0 bridgehead atoms. The molecule has 62 heavy (non-hydrogen) atoms. The lowest BCUT2D eigenvalue weighted by atomic mass is 9.90. The molecule has 0 amide bonds. The molecule has 0 radical (unpaired) electrons. The third kappa shape index (κ3) is 36.9. The van der Waals surface area contributed by atoms with Gasteiger partial charge in [-0.1, -0.05) is 157 Å². The molecule has 0 rings (SSSR count). The molecule has 0 unspecified atom stereocenters. The zero-order valence-corrected chi connectivity index (χ0v) is 44.2. The second-order valence-corrected chi connectivity index (χ2v) is 19.8. The molecule has 0 aromatic heterocycles. The number of halogens is 1. The SMILES string of the molecule is CCCCCC(CCCCC)CC(=O)OCC(COC(=O)CCCC[N+](C)(C)C)(COC(=O)CC(CCCCC)CCCCC)COC(=O)CC(CCCCC)CCCCC.[I-]. The first kappa shape index (κ1) is 62.7. The van der Waals surface area contributed by atoms with Crippen LogP contribution in [0.15, 0.2) is 0 Å². The van der Waals surface area contributed by atoms with Gasteiger partial charge in [0.1, 0.15) is 31.8 Å². The minimum atomic E-state index is -1.24. The van der Waals surface area contributed by atoms with E-state index in [4.69, 9.17) is 18.9 Å². The molecule has 0 saturated carbocycles. The zero-order chi connectivity index (χ0) is 45.6. The summed E-state index contributed by atoms with van der Waals surface area (Å²) in [7, 11) is 6.39. The molecule has 0 aliphatic carbocycles. The van der Waals surface area contributed by atoms with Gasteiger partial charge in [0.15, 0.2) is 0 Å². The number of unbranched alkanes of at least 4 members (excludes halogenated alkanes) is 13. The van der Waals surface area contributed by atoms with Crippen LogP contribution in [0.1, 0.15) is 234 Å². The van der Waals surface area contributed by atoms with E-state index in [0.717, 1.165) is 172 Å². The highest BCUT2D eigenvalue weighted by atomic mass is 127. The van der Waals surface area contributed by atoms with Crippen molar-refractivity contribution < 1.29 is 66.6 Å². The van der Waals surface area contributed by atoms with Crippen LogP contribution in [-0.2, 0) is 38.1 Å². The molecule has 0 atom stereocenters. The van der Waals surface area contributed by atoms with Crippen molar-refractivity contribution in [1.82, 2.24) is 0 Å². The van der Waals surface area contributed by atoms with Gasteiger partial charge in [0.05, 0.1) is 27.7 Å². The average molecular weight is 994 g/mol. The van der Waals surface area contributed by atoms with E-state index in [1.807, 2.05) is 0 Å². The Kier molecular flexibility index (Phi) is 41.5. The van der Waals surface area contributed by atoms with Gasteiger partial charge in [-0.05, 0) is 69.1 Å². The van der Waals surface area contributed by atoms with Crippen LogP contribution >= 0.6 is 0 Å². The Morgan fingerprint density at radius 2 is 0.645 bits per heavy atom. The Balaban J connectivity index is 0. The second kappa shape index (κ2) is 41.0. The summed E-state index contributed by atoms with van der Waals surface area (Å²) in [5.74, 6) is -0.610. The third-order valence-electron chi connectivity index (χ3n) is 12.3. The monoisotopic (exact) mass is 994 g/mol. The lowest BCUT2D eigenvalue weighted by Gasteiger charge is -2.32. The lowest BCUT2D eigenvalue weighted by molar-refractivity contribution is -0.870. The van der Waals surface area contributed by atoms with Crippen molar-refractivity contribution in [3.63, 3.8) is 0 Å². The van der Waals surface area contributed by atoms with E-state index in [1.54, 1.807) is 0 Å².